The average Bonchev–Trinajstić information content (AvgIpc) is 3.67. The van der Waals surface area contributed by atoms with E-state index in [2.05, 4.69) is 46.6 Å². The Bertz CT molecular complexity index is 2250. The first-order valence-electron chi connectivity index (χ1n) is 20.4. The summed E-state index contributed by atoms with van der Waals surface area (Å²) >= 11 is 0. The normalized spacial score (nSPS) is 23.1. The summed E-state index contributed by atoms with van der Waals surface area (Å²) in [6.07, 6.45) is 11.6. The number of piperazine rings is 1. The predicted octanol–water partition coefficient (Wildman–Crippen LogP) is 5.52. The molecular formula is C41H53N9O7S. The number of anilines is 2. The van der Waals surface area contributed by atoms with E-state index in [9.17, 15) is 28.4 Å². The van der Waals surface area contributed by atoms with Crippen LogP contribution in [-0.2, 0) is 10.0 Å². The maximum atomic E-state index is 13.8. The van der Waals surface area contributed by atoms with Crippen molar-refractivity contribution in [3.05, 3.63) is 70.7 Å². The molecule has 0 unspecified atom stereocenters. The molecule has 16 nitrogen and oxygen atoms in total. The standard InChI is InChI=1S/C41H53N9O7S/c1-3-47-16-18-49(19-17-47)31-23-41(24-31)11-14-48(15-12-41)30-4-5-34(36(21-30)57-32-20-29-8-13-42-37(29)44-26-32)39(51)46-58(55,56)33-22-35(50(53)54)38(45-27-33)43-25-28-6-9-40(2,52)10-7-28/h4-5,8,13,20-22,26-28,31,52H,3,6-7,9-12,14-19,23-25H2,1-2H3,(H,42,44)(H,43,45)(H,46,51). The van der Waals surface area contributed by atoms with Crippen LogP contribution in [0.15, 0.2) is 59.9 Å². The molecule has 310 valence electrons. The van der Waals surface area contributed by atoms with Gasteiger partial charge in [-0.05, 0) is 100 Å². The number of piperidine rings is 1. The topological polar surface area (TPSA) is 199 Å². The number of carbonyl (C=O) groups is 1. The van der Waals surface area contributed by atoms with Gasteiger partial charge in [0.1, 0.15) is 22.0 Å². The number of carbonyl (C=O) groups excluding carboxylic acids is 1. The zero-order valence-corrected chi connectivity index (χ0v) is 34.0. The molecule has 2 saturated carbocycles. The van der Waals surface area contributed by atoms with Gasteiger partial charge in [-0.3, -0.25) is 19.8 Å². The van der Waals surface area contributed by atoms with Gasteiger partial charge < -0.3 is 29.9 Å². The van der Waals surface area contributed by atoms with Crippen LogP contribution in [0.25, 0.3) is 11.0 Å². The van der Waals surface area contributed by atoms with E-state index in [4.69, 9.17) is 4.74 Å². The number of H-pyrrole nitrogens is 1. The number of benzene rings is 1. The molecule has 0 bridgehead atoms. The summed E-state index contributed by atoms with van der Waals surface area (Å²) in [7, 11) is -4.61. The van der Waals surface area contributed by atoms with Gasteiger partial charge in [-0.25, -0.2) is 23.1 Å². The van der Waals surface area contributed by atoms with Crippen molar-refractivity contribution in [2.75, 3.05) is 62.6 Å². The second-order valence-corrected chi connectivity index (χ2v) is 18.6. The zero-order valence-electron chi connectivity index (χ0n) is 33.2. The molecule has 2 aliphatic carbocycles. The average molecular weight is 816 g/mol. The maximum Gasteiger partial charge on any atom is 0.312 e. The second-order valence-electron chi connectivity index (χ2n) is 16.9. The van der Waals surface area contributed by atoms with Crippen LogP contribution < -0.4 is 19.7 Å². The molecule has 4 aromatic rings. The maximum absolute atomic E-state index is 13.8. The number of hydrogen-bond donors (Lipinski definition) is 4. The highest BCUT2D eigenvalue weighted by Gasteiger charge is 2.48. The molecule has 1 aromatic carbocycles. The number of hydrogen-bond acceptors (Lipinski definition) is 13. The molecule has 1 spiro atoms. The van der Waals surface area contributed by atoms with Gasteiger partial charge in [-0.15, -0.1) is 0 Å². The molecule has 4 N–H and O–H groups in total. The van der Waals surface area contributed by atoms with Gasteiger partial charge in [0.15, 0.2) is 0 Å². The highest BCUT2D eigenvalue weighted by atomic mass is 32.2. The summed E-state index contributed by atoms with van der Waals surface area (Å²) in [5.41, 5.74) is 0.590. The van der Waals surface area contributed by atoms with Gasteiger partial charge in [-0.1, -0.05) is 6.92 Å². The van der Waals surface area contributed by atoms with Gasteiger partial charge in [0.05, 0.1) is 28.5 Å². The first-order valence-corrected chi connectivity index (χ1v) is 21.9. The van der Waals surface area contributed by atoms with Gasteiger partial charge >= 0.3 is 5.69 Å². The fraction of sp³-hybridized carbons (Fsp3) is 0.537. The van der Waals surface area contributed by atoms with Crippen LogP contribution in [0.5, 0.6) is 11.5 Å². The molecule has 58 heavy (non-hydrogen) atoms. The predicted molar refractivity (Wildman–Crippen MR) is 220 cm³/mol. The minimum atomic E-state index is -4.61. The molecule has 4 aliphatic rings. The number of likely N-dealkylation sites (N-methyl/N-ethyl adjacent to an activating group) is 1. The molecule has 3 aromatic heterocycles. The Morgan fingerprint density at radius 1 is 1.02 bits per heavy atom. The molecule has 5 heterocycles. The Morgan fingerprint density at radius 3 is 2.47 bits per heavy atom. The summed E-state index contributed by atoms with van der Waals surface area (Å²) in [5.74, 6) is -0.358. The molecule has 17 heteroatoms. The number of amides is 1. The highest BCUT2D eigenvalue weighted by molar-refractivity contribution is 7.90. The van der Waals surface area contributed by atoms with E-state index in [1.807, 2.05) is 6.07 Å². The van der Waals surface area contributed by atoms with Crippen molar-refractivity contribution in [1.29, 1.82) is 0 Å². The Hall–Kier alpha value is -4.84. The number of fused-ring (bicyclic) bond motifs is 1. The quantitative estimate of drug-likeness (QED) is 0.103. The van der Waals surface area contributed by atoms with E-state index in [-0.39, 0.29) is 23.0 Å². The Labute approximate surface area is 338 Å². The summed E-state index contributed by atoms with van der Waals surface area (Å²) in [4.78, 5) is 43.7. The van der Waals surface area contributed by atoms with E-state index in [1.165, 1.54) is 19.0 Å². The van der Waals surface area contributed by atoms with Gasteiger partial charge in [0.2, 0.25) is 5.82 Å². The molecule has 1 amide bonds. The third kappa shape index (κ3) is 8.63. The number of nitrogens with one attached hydrogen (secondary N) is 3. The number of pyridine rings is 2. The van der Waals surface area contributed by atoms with Crippen molar-refractivity contribution in [1.82, 2.24) is 29.5 Å². The van der Waals surface area contributed by atoms with E-state index in [0.717, 1.165) is 94.8 Å². The van der Waals surface area contributed by atoms with Crippen molar-refractivity contribution in [3.63, 3.8) is 0 Å². The minimum absolute atomic E-state index is 0.0350. The molecule has 0 atom stereocenters. The lowest BCUT2D eigenvalue weighted by molar-refractivity contribution is -0.384. The van der Waals surface area contributed by atoms with Crippen LogP contribution in [0.1, 0.15) is 75.6 Å². The number of nitrogens with zero attached hydrogens (tertiary/aromatic N) is 6. The molecule has 8 rings (SSSR count). The molecule has 0 radical (unpaired) electrons. The molecule has 4 fully saturated rings. The van der Waals surface area contributed by atoms with Crippen molar-refractivity contribution < 1.29 is 28.0 Å². The van der Waals surface area contributed by atoms with Gasteiger partial charge in [0.25, 0.3) is 15.9 Å². The first kappa shape index (κ1) is 40.0. The summed E-state index contributed by atoms with van der Waals surface area (Å²) in [6.45, 7) is 11.8. The first-order chi connectivity index (χ1) is 27.8. The van der Waals surface area contributed by atoms with Crippen LogP contribution >= 0.6 is 0 Å². The number of nitro groups is 1. The summed E-state index contributed by atoms with van der Waals surface area (Å²) in [5, 5.41) is 26.1. The minimum Gasteiger partial charge on any atom is -0.455 e. The summed E-state index contributed by atoms with van der Waals surface area (Å²) in [6, 6.07) is 10.3. The fourth-order valence-corrected chi connectivity index (χ4v) is 10.1. The van der Waals surface area contributed by atoms with Crippen molar-refractivity contribution in [2.24, 2.45) is 11.3 Å². The number of ether oxygens (including phenoxy) is 1. The lowest BCUT2D eigenvalue weighted by Gasteiger charge is -2.56. The smallest absolute Gasteiger partial charge is 0.312 e. The summed E-state index contributed by atoms with van der Waals surface area (Å²) < 4.78 is 35.6. The largest absolute Gasteiger partial charge is 0.455 e. The number of rotatable bonds is 12. The van der Waals surface area contributed by atoms with Crippen molar-refractivity contribution >= 4 is 44.2 Å². The van der Waals surface area contributed by atoms with E-state index in [0.29, 0.717) is 42.2 Å². The van der Waals surface area contributed by atoms with Crippen molar-refractivity contribution in [3.8, 4) is 11.5 Å². The van der Waals surface area contributed by atoms with Crippen LogP contribution in [0.2, 0.25) is 0 Å². The third-order valence-corrected chi connectivity index (χ3v) is 14.3. The lowest BCUT2D eigenvalue weighted by atomic mass is 9.60. The SMILES string of the molecule is CCN1CCN(C2CC3(CCN(c4ccc(C(=O)NS(=O)(=O)c5cnc(NCC6CCC(C)(O)CC6)c([N+](=O)[O-])c5)c(Oc5cnc6[nH]ccc6c5)c4)CC3)C2)CC1. The Kier molecular flexibility index (Phi) is 11.1. The fourth-order valence-electron chi connectivity index (χ4n) is 9.21. The van der Waals surface area contributed by atoms with Crippen LogP contribution in [0, 0.1) is 21.4 Å². The number of aliphatic hydroxyl groups is 1. The molecule has 2 aliphatic heterocycles. The number of aromatic nitrogens is 3. The van der Waals surface area contributed by atoms with E-state index < -0.39 is 37.0 Å². The molecular weight excluding hydrogens is 763 g/mol. The van der Waals surface area contributed by atoms with Gasteiger partial charge in [0, 0.05) is 81.3 Å². The Morgan fingerprint density at radius 2 is 1.76 bits per heavy atom. The lowest BCUT2D eigenvalue weighted by Crippen LogP contribution is -2.59. The van der Waals surface area contributed by atoms with Crippen LogP contribution in [0.4, 0.5) is 17.2 Å². The second kappa shape index (κ2) is 16.1. The third-order valence-electron chi connectivity index (χ3n) is 13.0. The highest BCUT2D eigenvalue weighted by Crippen LogP contribution is 2.51. The van der Waals surface area contributed by atoms with Gasteiger partial charge in [-0.2, -0.15) is 0 Å². The van der Waals surface area contributed by atoms with E-state index >= 15 is 0 Å². The Balaban J connectivity index is 0.970. The number of sulfonamides is 1. The van der Waals surface area contributed by atoms with E-state index in [1.54, 1.807) is 37.4 Å². The number of aromatic amines is 1. The van der Waals surface area contributed by atoms with Crippen LogP contribution in [0.3, 0.4) is 0 Å². The zero-order chi connectivity index (χ0) is 40.7. The van der Waals surface area contributed by atoms with Crippen LogP contribution in [-0.4, -0.2) is 113 Å². The van der Waals surface area contributed by atoms with Crippen molar-refractivity contribution in [2.45, 2.75) is 81.8 Å². The monoisotopic (exact) mass is 815 g/mol. The molecule has 2 saturated heterocycles.